The molecule has 1 saturated heterocycles. The summed E-state index contributed by atoms with van der Waals surface area (Å²) in [5, 5.41) is 0. The van der Waals surface area contributed by atoms with Gasteiger partial charge in [-0.05, 0) is 54.5 Å². The smallest absolute Gasteiger partial charge is 0.363 e. The molecule has 9 heteroatoms. The van der Waals surface area contributed by atoms with Gasteiger partial charge in [0.25, 0.3) is 5.91 Å². The first kappa shape index (κ1) is 25.2. The lowest BCUT2D eigenvalue weighted by Crippen LogP contribution is -2.43. The lowest BCUT2D eigenvalue weighted by Gasteiger charge is -2.26. The first-order valence-corrected chi connectivity index (χ1v) is 12.0. The van der Waals surface area contributed by atoms with Crippen molar-refractivity contribution in [2.45, 2.75) is 19.8 Å². The molecule has 36 heavy (non-hydrogen) atoms. The van der Waals surface area contributed by atoms with Crippen molar-refractivity contribution in [1.29, 1.82) is 0 Å². The van der Waals surface area contributed by atoms with Crippen molar-refractivity contribution < 1.29 is 33.3 Å². The summed E-state index contributed by atoms with van der Waals surface area (Å²) in [4.78, 5) is 30.8. The van der Waals surface area contributed by atoms with Crippen molar-refractivity contribution in [2.24, 2.45) is 4.99 Å². The quantitative estimate of drug-likeness (QED) is 0.284. The third-order valence-electron chi connectivity index (χ3n) is 5.69. The van der Waals surface area contributed by atoms with Gasteiger partial charge in [-0.25, -0.2) is 9.79 Å². The molecule has 1 amide bonds. The number of cyclic esters (lactones) is 1. The molecule has 4 rings (SSSR count). The van der Waals surface area contributed by atoms with Crippen molar-refractivity contribution in [3.8, 4) is 17.2 Å². The number of esters is 1. The van der Waals surface area contributed by atoms with Gasteiger partial charge in [0.1, 0.15) is 5.75 Å². The summed E-state index contributed by atoms with van der Waals surface area (Å²) in [6, 6.07) is 12.4. The number of amides is 1. The number of unbranched alkanes of at least 4 members (excludes halogenated alkanes) is 1. The van der Waals surface area contributed by atoms with Crippen molar-refractivity contribution in [3.63, 3.8) is 0 Å². The predicted octanol–water partition coefficient (Wildman–Crippen LogP) is 3.46. The first-order chi connectivity index (χ1) is 17.6. The van der Waals surface area contributed by atoms with Gasteiger partial charge < -0.3 is 28.6 Å². The molecule has 0 atom stereocenters. The number of carbonyl (C=O) groups excluding carboxylic acids is 2. The topological polar surface area (TPSA) is 95.9 Å². The van der Waals surface area contributed by atoms with E-state index in [1.807, 2.05) is 24.3 Å². The highest BCUT2D eigenvalue weighted by atomic mass is 16.6. The van der Waals surface area contributed by atoms with E-state index in [0.717, 1.165) is 18.6 Å². The van der Waals surface area contributed by atoms with Crippen LogP contribution in [0, 0.1) is 0 Å². The fourth-order valence-corrected chi connectivity index (χ4v) is 3.66. The molecule has 2 aliphatic rings. The zero-order valence-corrected chi connectivity index (χ0v) is 20.5. The predicted molar refractivity (Wildman–Crippen MR) is 133 cm³/mol. The molecule has 9 nitrogen and oxygen atoms in total. The summed E-state index contributed by atoms with van der Waals surface area (Å²) in [7, 11) is 1.51. The molecule has 2 aromatic carbocycles. The molecule has 0 aliphatic carbocycles. The first-order valence-electron chi connectivity index (χ1n) is 12.0. The number of methoxy groups -OCH3 is 1. The third kappa shape index (κ3) is 6.42. The molecule has 0 saturated carbocycles. The van der Waals surface area contributed by atoms with Crippen molar-refractivity contribution >= 4 is 23.9 Å². The van der Waals surface area contributed by atoms with Crippen molar-refractivity contribution in [3.05, 3.63) is 59.3 Å². The molecule has 2 aliphatic heterocycles. The second-order valence-corrected chi connectivity index (χ2v) is 8.25. The molecule has 0 bridgehead atoms. The Morgan fingerprint density at radius 3 is 2.58 bits per heavy atom. The molecular weight excluding hydrogens is 464 g/mol. The molecule has 0 aromatic heterocycles. The Balaban J connectivity index is 1.42. The van der Waals surface area contributed by atoms with Gasteiger partial charge >= 0.3 is 5.97 Å². The minimum Gasteiger partial charge on any atom is -0.494 e. The maximum atomic E-state index is 12.4. The average Bonchev–Trinajstić information content (AvgIpc) is 3.28. The molecule has 2 aromatic rings. The van der Waals surface area contributed by atoms with Gasteiger partial charge in [-0.15, -0.1) is 0 Å². The highest BCUT2D eigenvalue weighted by Gasteiger charge is 2.24. The van der Waals surface area contributed by atoms with Gasteiger partial charge in [0, 0.05) is 18.7 Å². The summed E-state index contributed by atoms with van der Waals surface area (Å²) in [5.41, 5.74) is 1.53. The van der Waals surface area contributed by atoms with E-state index in [9.17, 15) is 9.59 Å². The average molecular weight is 495 g/mol. The van der Waals surface area contributed by atoms with E-state index in [0.29, 0.717) is 55.5 Å². The largest absolute Gasteiger partial charge is 0.494 e. The van der Waals surface area contributed by atoms with Crippen LogP contribution in [0.1, 0.15) is 30.9 Å². The number of benzene rings is 2. The Kier molecular flexibility index (Phi) is 8.57. The molecule has 1 fully saturated rings. The van der Waals surface area contributed by atoms with Crippen LogP contribution < -0.4 is 14.2 Å². The van der Waals surface area contributed by atoms with Crippen LogP contribution in [0.3, 0.4) is 0 Å². The zero-order chi connectivity index (χ0) is 25.3. The molecule has 0 N–H and O–H groups in total. The van der Waals surface area contributed by atoms with Gasteiger partial charge in [-0.1, -0.05) is 19.4 Å². The van der Waals surface area contributed by atoms with Crippen LogP contribution in [-0.2, 0) is 19.1 Å². The number of hydrogen-bond donors (Lipinski definition) is 0. The molecule has 0 radical (unpaired) electrons. The van der Waals surface area contributed by atoms with E-state index >= 15 is 0 Å². The van der Waals surface area contributed by atoms with E-state index in [-0.39, 0.29) is 24.1 Å². The van der Waals surface area contributed by atoms with Gasteiger partial charge in [0.05, 0.1) is 26.9 Å². The van der Waals surface area contributed by atoms with E-state index < -0.39 is 5.97 Å². The molecule has 0 unspecified atom stereocenters. The summed E-state index contributed by atoms with van der Waals surface area (Å²) in [6.07, 6.45) is 3.67. The van der Waals surface area contributed by atoms with Crippen molar-refractivity contribution in [2.75, 3.05) is 46.6 Å². The van der Waals surface area contributed by atoms with Crippen LogP contribution in [-0.4, -0.2) is 69.3 Å². The Labute approximate surface area is 210 Å². The zero-order valence-electron chi connectivity index (χ0n) is 20.5. The van der Waals surface area contributed by atoms with E-state index in [4.69, 9.17) is 23.7 Å². The Hall–Kier alpha value is -3.85. The summed E-state index contributed by atoms with van der Waals surface area (Å²) in [5.74, 6) is 1.22. The Morgan fingerprint density at radius 2 is 1.86 bits per heavy atom. The number of rotatable bonds is 10. The van der Waals surface area contributed by atoms with Crippen LogP contribution in [0.25, 0.3) is 6.08 Å². The Bertz CT molecular complexity index is 1140. The second kappa shape index (κ2) is 12.2. The summed E-state index contributed by atoms with van der Waals surface area (Å²) < 4.78 is 27.4. The van der Waals surface area contributed by atoms with Crippen LogP contribution in [0.2, 0.25) is 0 Å². The number of ether oxygens (including phenoxy) is 5. The van der Waals surface area contributed by atoms with Crippen molar-refractivity contribution in [1.82, 2.24) is 4.90 Å². The Morgan fingerprint density at radius 1 is 1.08 bits per heavy atom. The van der Waals surface area contributed by atoms with E-state index in [1.165, 1.54) is 7.11 Å². The van der Waals surface area contributed by atoms with E-state index in [2.05, 4.69) is 11.9 Å². The lowest BCUT2D eigenvalue weighted by atomic mass is 10.1. The SMILES string of the molecule is CCCCOc1ccc(C2=N/C(=C\c3ccc(OCC(=O)N4CCOCC4)c(OC)c3)C(=O)O2)cc1. The molecule has 2 heterocycles. The van der Waals surface area contributed by atoms with Gasteiger partial charge in [-0.3, -0.25) is 4.79 Å². The fraction of sp³-hybridized carbons (Fsp3) is 0.370. The second-order valence-electron chi connectivity index (χ2n) is 8.25. The van der Waals surface area contributed by atoms with Crippen LogP contribution >= 0.6 is 0 Å². The fourth-order valence-electron chi connectivity index (χ4n) is 3.66. The number of carbonyl (C=O) groups is 2. The number of hydrogen-bond acceptors (Lipinski definition) is 8. The molecule has 0 spiro atoms. The van der Waals surface area contributed by atoms with Crippen LogP contribution in [0.5, 0.6) is 17.2 Å². The normalized spacial score (nSPS) is 16.5. The minimum absolute atomic E-state index is 0.0980. The minimum atomic E-state index is -0.538. The highest BCUT2D eigenvalue weighted by molar-refractivity contribution is 6.12. The van der Waals surface area contributed by atoms with Crippen LogP contribution in [0.4, 0.5) is 0 Å². The van der Waals surface area contributed by atoms with Gasteiger partial charge in [-0.2, -0.15) is 0 Å². The maximum absolute atomic E-state index is 12.4. The monoisotopic (exact) mass is 494 g/mol. The molecular formula is C27H30N2O7. The highest BCUT2D eigenvalue weighted by Crippen LogP contribution is 2.30. The van der Waals surface area contributed by atoms with Gasteiger partial charge in [0.15, 0.2) is 23.8 Å². The number of aliphatic imine (C=N–C) groups is 1. The number of nitrogens with zero attached hydrogens (tertiary/aromatic N) is 2. The standard InChI is InChI=1S/C27H30N2O7/c1-3-4-13-34-21-8-6-20(7-9-21)26-28-22(27(31)36-26)16-19-5-10-23(24(17-19)32-2)35-18-25(30)29-11-14-33-15-12-29/h5-10,16-17H,3-4,11-15,18H2,1-2H3/b22-16-. The van der Waals surface area contributed by atoms with Crippen LogP contribution in [0.15, 0.2) is 53.2 Å². The maximum Gasteiger partial charge on any atom is 0.363 e. The summed E-state index contributed by atoms with van der Waals surface area (Å²) in [6.45, 7) is 4.85. The summed E-state index contributed by atoms with van der Waals surface area (Å²) >= 11 is 0. The third-order valence-corrected chi connectivity index (χ3v) is 5.69. The lowest BCUT2D eigenvalue weighted by molar-refractivity contribution is -0.137. The number of morpholine rings is 1. The van der Waals surface area contributed by atoms with E-state index in [1.54, 1.807) is 29.2 Å². The molecule has 190 valence electrons. The van der Waals surface area contributed by atoms with Gasteiger partial charge in [0.2, 0.25) is 5.90 Å².